The number of carbonyl (C=O) groups is 1. The van der Waals surface area contributed by atoms with E-state index in [1.807, 2.05) is 20.8 Å². The second kappa shape index (κ2) is 4.47. The molecule has 0 radical (unpaired) electrons. The Balaban J connectivity index is 2.66. The van der Waals surface area contributed by atoms with Crippen LogP contribution in [-0.2, 0) is 6.42 Å². The van der Waals surface area contributed by atoms with Crippen molar-refractivity contribution in [1.29, 1.82) is 0 Å². The van der Waals surface area contributed by atoms with Gasteiger partial charge in [-0.05, 0) is 27.2 Å². The number of hydrogen-bond donors (Lipinski definition) is 1. The highest BCUT2D eigenvalue weighted by atomic mass is 16.5. The maximum absolute atomic E-state index is 11.6. The van der Waals surface area contributed by atoms with Crippen LogP contribution in [-0.4, -0.2) is 16.6 Å². The molecule has 4 heteroatoms. The summed E-state index contributed by atoms with van der Waals surface area (Å²) in [5.41, 5.74) is 0.106. The number of rotatable bonds is 3. The molecule has 15 heavy (non-hydrogen) atoms. The molecule has 1 heterocycles. The highest BCUT2D eigenvalue weighted by molar-refractivity contribution is 5.92. The Morgan fingerprint density at radius 2 is 2.20 bits per heavy atom. The smallest absolute Gasteiger partial charge is 0.273 e. The average molecular weight is 210 g/mol. The number of aryl methyl sites for hydroxylation is 1. The van der Waals surface area contributed by atoms with Crippen LogP contribution in [0.25, 0.3) is 0 Å². The van der Waals surface area contributed by atoms with E-state index in [1.165, 1.54) is 0 Å². The number of nitrogens with one attached hydrogen (secondary N) is 1. The lowest BCUT2D eigenvalue weighted by Gasteiger charge is -2.19. The van der Waals surface area contributed by atoms with Gasteiger partial charge in [-0.2, -0.15) is 0 Å². The zero-order chi connectivity index (χ0) is 11.5. The third kappa shape index (κ3) is 3.73. The van der Waals surface area contributed by atoms with Crippen molar-refractivity contribution in [3.8, 4) is 0 Å². The first kappa shape index (κ1) is 11.8. The number of nitrogens with zero attached hydrogens (tertiary/aromatic N) is 1. The summed E-state index contributed by atoms with van der Waals surface area (Å²) in [6.45, 7) is 7.84. The van der Waals surface area contributed by atoms with E-state index in [2.05, 4.69) is 17.4 Å². The van der Waals surface area contributed by atoms with E-state index >= 15 is 0 Å². The summed E-state index contributed by atoms with van der Waals surface area (Å²) in [4.78, 5) is 11.6. The highest BCUT2D eigenvalue weighted by Gasteiger charge is 2.18. The average Bonchev–Trinajstić information content (AvgIpc) is 2.50. The lowest BCUT2D eigenvalue weighted by Crippen LogP contribution is -2.40. The minimum Gasteiger partial charge on any atom is -0.361 e. The van der Waals surface area contributed by atoms with E-state index in [9.17, 15) is 4.79 Å². The van der Waals surface area contributed by atoms with Crippen molar-refractivity contribution < 1.29 is 9.32 Å². The van der Waals surface area contributed by atoms with E-state index in [-0.39, 0.29) is 11.4 Å². The topological polar surface area (TPSA) is 55.1 Å². The quantitative estimate of drug-likeness (QED) is 0.831. The fourth-order valence-electron chi connectivity index (χ4n) is 1.19. The Morgan fingerprint density at radius 1 is 1.53 bits per heavy atom. The largest absolute Gasteiger partial charge is 0.361 e. The molecule has 84 valence electrons. The molecule has 0 aliphatic heterocycles. The second-order valence-electron chi connectivity index (χ2n) is 4.63. The Hall–Kier alpha value is -1.32. The van der Waals surface area contributed by atoms with Gasteiger partial charge in [-0.3, -0.25) is 4.79 Å². The molecule has 0 aliphatic rings. The minimum atomic E-state index is -0.249. The molecule has 1 rings (SSSR count). The van der Waals surface area contributed by atoms with Crippen molar-refractivity contribution in [2.75, 3.05) is 0 Å². The molecule has 1 aromatic rings. The summed E-state index contributed by atoms with van der Waals surface area (Å²) < 4.78 is 5.03. The van der Waals surface area contributed by atoms with Crippen LogP contribution in [0.1, 0.15) is 50.4 Å². The minimum absolute atomic E-state index is 0.186. The predicted molar refractivity (Wildman–Crippen MR) is 57.7 cm³/mol. The van der Waals surface area contributed by atoms with E-state index in [0.717, 1.165) is 18.6 Å². The third-order valence-electron chi connectivity index (χ3n) is 1.78. The fourth-order valence-corrected chi connectivity index (χ4v) is 1.19. The summed E-state index contributed by atoms with van der Waals surface area (Å²) in [5, 5.41) is 6.56. The molecule has 4 nitrogen and oxygen atoms in total. The van der Waals surface area contributed by atoms with E-state index in [0.29, 0.717) is 5.69 Å². The molecule has 0 atom stereocenters. The predicted octanol–water partition coefficient (Wildman–Crippen LogP) is 2.16. The molecule has 1 aromatic heterocycles. The molecule has 0 unspecified atom stereocenters. The van der Waals surface area contributed by atoms with Gasteiger partial charge < -0.3 is 9.84 Å². The molecule has 0 saturated heterocycles. The monoisotopic (exact) mass is 210 g/mol. The van der Waals surface area contributed by atoms with Crippen molar-refractivity contribution in [2.24, 2.45) is 0 Å². The first-order valence-corrected chi connectivity index (χ1v) is 5.20. The molecule has 0 bridgehead atoms. The maximum Gasteiger partial charge on any atom is 0.273 e. The van der Waals surface area contributed by atoms with Crippen molar-refractivity contribution >= 4 is 5.91 Å². The maximum atomic E-state index is 11.6. The molecule has 0 aromatic carbocycles. The van der Waals surface area contributed by atoms with Gasteiger partial charge in [-0.15, -0.1) is 0 Å². The van der Waals surface area contributed by atoms with Crippen LogP contribution in [0, 0.1) is 0 Å². The van der Waals surface area contributed by atoms with E-state index in [4.69, 9.17) is 4.52 Å². The summed E-state index contributed by atoms with van der Waals surface area (Å²) in [6.07, 6.45) is 1.80. The van der Waals surface area contributed by atoms with Crippen molar-refractivity contribution in [2.45, 2.75) is 46.1 Å². The number of hydrogen-bond acceptors (Lipinski definition) is 3. The van der Waals surface area contributed by atoms with Gasteiger partial charge >= 0.3 is 0 Å². The normalized spacial score (nSPS) is 11.5. The lowest BCUT2D eigenvalue weighted by atomic mass is 10.1. The van der Waals surface area contributed by atoms with E-state index in [1.54, 1.807) is 6.07 Å². The Kier molecular flexibility index (Phi) is 3.50. The molecular weight excluding hydrogens is 192 g/mol. The SMILES string of the molecule is CCCc1cc(C(=O)NC(C)(C)C)no1. The Morgan fingerprint density at radius 3 is 2.73 bits per heavy atom. The third-order valence-corrected chi connectivity index (χ3v) is 1.78. The molecule has 1 N–H and O–H groups in total. The molecular formula is C11H18N2O2. The van der Waals surface area contributed by atoms with Crippen LogP contribution < -0.4 is 5.32 Å². The lowest BCUT2D eigenvalue weighted by molar-refractivity contribution is 0.0910. The van der Waals surface area contributed by atoms with Crippen molar-refractivity contribution in [3.63, 3.8) is 0 Å². The van der Waals surface area contributed by atoms with Crippen LogP contribution in [0.3, 0.4) is 0 Å². The van der Waals surface area contributed by atoms with Crippen molar-refractivity contribution in [1.82, 2.24) is 10.5 Å². The number of amides is 1. The van der Waals surface area contributed by atoms with Gasteiger partial charge in [0.15, 0.2) is 5.69 Å². The second-order valence-corrected chi connectivity index (χ2v) is 4.63. The first-order chi connectivity index (χ1) is 6.92. The van der Waals surface area contributed by atoms with Crippen LogP contribution in [0.5, 0.6) is 0 Å². The molecule has 0 fully saturated rings. The van der Waals surface area contributed by atoms with Gasteiger partial charge in [0.2, 0.25) is 0 Å². The van der Waals surface area contributed by atoms with Crippen molar-refractivity contribution in [3.05, 3.63) is 17.5 Å². The van der Waals surface area contributed by atoms with Crippen LogP contribution in [0.4, 0.5) is 0 Å². The molecule has 0 spiro atoms. The van der Waals surface area contributed by atoms with Gasteiger partial charge in [0.1, 0.15) is 5.76 Å². The first-order valence-electron chi connectivity index (χ1n) is 5.20. The van der Waals surface area contributed by atoms with E-state index < -0.39 is 0 Å². The fraction of sp³-hybridized carbons (Fsp3) is 0.636. The summed E-state index contributed by atoms with van der Waals surface area (Å²) in [7, 11) is 0. The van der Waals surface area contributed by atoms with Gasteiger partial charge in [0.05, 0.1) is 0 Å². The zero-order valence-corrected chi connectivity index (χ0v) is 9.76. The molecule has 0 aliphatic carbocycles. The van der Waals surface area contributed by atoms with Crippen LogP contribution in [0.15, 0.2) is 10.6 Å². The standard InChI is InChI=1S/C11H18N2O2/c1-5-6-8-7-9(13-15-8)10(14)12-11(2,3)4/h7H,5-6H2,1-4H3,(H,12,14). The van der Waals surface area contributed by atoms with Gasteiger partial charge in [0.25, 0.3) is 5.91 Å². The Labute approximate surface area is 90.0 Å². The summed E-state index contributed by atoms with van der Waals surface area (Å²) in [6, 6.07) is 1.70. The number of aromatic nitrogens is 1. The van der Waals surface area contributed by atoms with Crippen LogP contribution in [0.2, 0.25) is 0 Å². The summed E-state index contributed by atoms with van der Waals surface area (Å²) in [5.74, 6) is 0.574. The van der Waals surface area contributed by atoms with Gasteiger partial charge in [-0.1, -0.05) is 12.1 Å². The Bertz CT molecular complexity index is 337. The zero-order valence-electron chi connectivity index (χ0n) is 9.76. The molecule has 1 amide bonds. The summed E-state index contributed by atoms with van der Waals surface area (Å²) >= 11 is 0. The molecule has 0 saturated carbocycles. The highest BCUT2D eigenvalue weighted by Crippen LogP contribution is 2.08. The van der Waals surface area contributed by atoms with Gasteiger partial charge in [0, 0.05) is 18.0 Å². The number of carbonyl (C=O) groups excluding carboxylic acids is 1. The van der Waals surface area contributed by atoms with Crippen LogP contribution >= 0.6 is 0 Å². The van der Waals surface area contributed by atoms with Gasteiger partial charge in [-0.25, -0.2) is 0 Å².